The summed E-state index contributed by atoms with van der Waals surface area (Å²) < 4.78 is 5.09. The molecule has 17 heavy (non-hydrogen) atoms. The summed E-state index contributed by atoms with van der Waals surface area (Å²) >= 11 is 6.08. The van der Waals surface area contributed by atoms with E-state index in [1.807, 2.05) is 30.3 Å². The molecule has 2 nitrogen and oxygen atoms in total. The zero-order valence-corrected chi connectivity index (χ0v) is 10.5. The van der Waals surface area contributed by atoms with E-state index >= 15 is 0 Å². The number of ketones is 1. The van der Waals surface area contributed by atoms with Crippen molar-refractivity contribution in [2.75, 3.05) is 7.11 Å². The highest BCUT2D eigenvalue weighted by Gasteiger charge is 2.21. The van der Waals surface area contributed by atoms with Gasteiger partial charge in [0, 0.05) is 11.8 Å². The number of hydrogen-bond donors (Lipinski definition) is 0. The Hall–Kier alpha value is -1.28. The topological polar surface area (TPSA) is 26.3 Å². The van der Waals surface area contributed by atoms with Crippen LogP contribution in [0.3, 0.4) is 0 Å². The molecule has 0 aliphatic heterocycles. The van der Waals surface area contributed by atoms with Crippen LogP contribution >= 0.6 is 11.6 Å². The highest BCUT2D eigenvalue weighted by Crippen LogP contribution is 2.26. The highest BCUT2D eigenvalue weighted by molar-refractivity contribution is 6.22. The van der Waals surface area contributed by atoms with Gasteiger partial charge in [0.2, 0.25) is 0 Å². The molecule has 1 unspecified atom stereocenters. The van der Waals surface area contributed by atoms with Crippen molar-refractivity contribution in [2.24, 2.45) is 0 Å². The molecule has 3 heteroatoms. The molecular formula is C14H15ClO2. The zero-order valence-electron chi connectivity index (χ0n) is 9.78. The van der Waals surface area contributed by atoms with Crippen LogP contribution in [-0.4, -0.2) is 18.3 Å². The van der Waals surface area contributed by atoms with Gasteiger partial charge in [0.05, 0.1) is 7.11 Å². The van der Waals surface area contributed by atoms with E-state index in [1.54, 1.807) is 7.11 Å². The molecular weight excluding hydrogens is 236 g/mol. The van der Waals surface area contributed by atoms with Crippen LogP contribution in [0.15, 0.2) is 29.8 Å². The minimum atomic E-state index is 0.0946. The van der Waals surface area contributed by atoms with Gasteiger partial charge in [-0.2, -0.15) is 0 Å². The SMILES string of the molecule is COc1ccc(/C=C2/CC(Cl)CCC2=O)cc1. The van der Waals surface area contributed by atoms with Crippen LogP contribution in [-0.2, 0) is 4.79 Å². The molecule has 0 bridgehead atoms. The van der Waals surface area contributed by atoms with E-state index in [0.29, 0.717) is 12.8 Å². The Bertz CT molecular complexity index is 434. The number of hydrogen-bond acceptors (Lipinski definition) is 2. The van der Waals surface area contributed by atoms with E-state index < -0.39 is 0 Å². The van der Waals surface area contributed by atoms with Gasteiger partial charge in [-0.15, -0.1) is 11.6 Å². The van der Waals surface area contributed by atoms with E-state index in [1.165, 1.54) is 0 Å². The molecule has 0 aromatic heterocycles. The third-order valence-electron chi connectivity index (χ3n) is 2.94. The number of allylic oxidation sites excluding steroid dienone is 1. The van der Waals surface area contributed by atoms with Crippen molar-refractivity contribution in [3.8, 4) is 5.75 Å². The van der Waals surface area contributed by atoms with Crippen molar-refractivity contribution < 1.29 is 9.53 Å². The molecule has 1 aromatic rings. The fourth-order valence-corrected chi connectivity index (χ4v) is 2.22. The number of carbonyl (C=O) groups is 1. The number of carbonyl (C=O) groups excluding carboxylic acids is 1. The second-order valence-corrected chi connectivity index (χ2v) is 4.82. The molecule has 0 spiro atoms. The first kappa shape index (κ1) is 12.2. The molecule has 0 heterocycles. The summed E-state index contributed by atoms with van der Waals surface area (Å²) in [7, 11) is 1.64. The Morgan fingerprint density at radius 3 is 2.71 bits per heavy atom. The summed E-state index contributed by atoms with van der Waals surface area (Å²) in [4.78, 5) is 11.7. The highest BCUT2D eigenvalue weighted by atomic mass is 35.5. The fourth-order valence-electron chi connectivity index (χ4n) is 1.94. The van der Waals surface area contributed by atoms with Gasteiger partial charge in [0.15, 0.2) is 5.78 Å². The van der Waals surface area contributed by atoms with Gasteiger partial charge >= 0.3 is 0 Å². The second kappa shape index (κ2) is 5.37. The largest absolute Gasteiger partial charge is 0.497 e. The van der Waals surface area contributed by atoms with Gasteiger partial charge in [0.1, 0.15) is 5.75 Å². The second-order valence-electron chi connectivity index (χ2n) is 4.21. The van der Waals surface area contributed by atoms with Crippen molar-refractivity contribution in [3.05, 3.63) is 35.4 Å². The van der Waals surface area contributed by atoms with Crippen LogP contribution < -0.4 is 4.74 Å². The first-order valence-electron chi connectivity index (χ1n) is 5.71. The third-order valence-corrected chi connectivity index (χ3v) is 3.31. The van der Waals surface area contributed by atoms with Crippen LogP contribution in [0.2, 0.25) is 0 Å². The third kappa shape index (κ3) is 3.10. The number of rotatable bonds is 2. The summed E-state index contributed by atoms with van der Waals surface area (Å²) in [6.45, 7) is 0. The maximum Gasteiger partial charge on any atom is 0.158 e. The molecule has 1 aliphatic rings. The average molecular weight is 251 g/mol. The first-order valence-corrected chi connectivity index (χ1v) is 6.14. The molecule has 90 valence electrons. The maximum atomic E-state index is 11.7. The smallest absolute Gasteiger partial charge is 0.158 e. The average Bonchev–Trinajstić information content (AvgIpc) is 2.35. The molecule has 0 amide bonds. The lowest BCUT2D eigenvalue weighted by Gasteiger charge is -2.17. The normalized spacial score (nSPS) is 22.8. The van der Waals surface area contributed by atoms with Crippen molar-refractivity contribution in [3.63, 3.8) is 0 Å². The van der Waals surface area contributed by atoms with Crippen molar-refractivity contribution in [1.29, 1.82) is 0 Å². The van der Waals surface area contributed by atoms with E-state index in [9.17, 15) is 4.79 Å². The molecule has 0 radical (unpaired) electrons. The number of Topliss-reactive ketones (excluding diaryl/α,β-unsaturated/α-hetero) is 1. The van der Waals surface area contributed by atoms with Crippen LogP contribution in [0.5, 0.6) is 5.75 Å². The minimum Gasteiger partial charge on any atom is -0.497 e. The molecule has 0 saturated heterocycles. The van der Waals surface area contributed by atoms with Crippen LogP contribution in [0.25, 0.3) is 6.08 Å². The lowest BCUT2D eigenvalue weighted by atomic mass is 9.92. The number of methoxy groups -OCH3 is 1. The number of ether oxygens (including phenoxy) is 1. The summed E-state index contributed by atoms with van der Waals surface area (Å²) in [5.74, 6) is 1.04. The first-order chi connectivity index (χ1) is 8.19. The molecule has 1 fully saturated rings. The quantitative estimate of drug-likeness (QED) is 0.594. The number of alkyl halides is 1. The Morgan fingerprint density at radius 2 is 2.06 bits per heavy atom. The molecule has 1 aliphatic carbocycles. The summed E-state index contributed by atoms with van der Waals surface area (Å²) in [6.07, 6.45) is 3.96. The predicted molar refractivity (Wildman–Crippen MR) is 69.5 cm³/mol. The number of halogens is 1. The Morgan fingerprint density at radius 1 is 1.35 bits per heavy atom. The van der Waals surface area contributed by atoms with Crippen molar-refractivity contribution in [2.45, 2.75) is 24.6 Å². The lowest BCUT2D eigenvalue weighted by Crippen LogP contribution is -2.16. The van der Waals surface area contributed by atoms with E-state index in [2.05, 4.69) is 0 Å². The van der Waals surface area contributed by atoms with E-state index in [0.717, 1.165) is 23.3 Å². The van der Waals surface area contributed by atoms with Crippen LogP contribution in [0, 0.1) is 0 Å². The fraction of sp³-hybridized carbons (Fsp3) is 0.357. The summed E-state index contributed by atoms with van der Waals surface area (Å²) in [5.41, 5.74) is 1.85. The van der Waals surface area contributed by atoms with Gasteiger partial charge in [-0.25, -0.2) is 0 Å². The van der Waals surface area contributed by atoms with Gasteiger partial charge in [-0.05, 0) is 42.2 Å². The van der Waals surface area contributed by atoms with Crippen molar-refractivity contribution >= 4 is 23.5 Å². The van der Waals surface area contributed by atoms with Gasteiger partial charge in [-0.3, -0.25) is 4.79 Å². The standard InChI is InChI=1S/C14H15ClO2/c1-17-13-5-2-10(3-6-13)8-11-9-12(15)4-7-14(11)16/h2-3,5-6,8,12H,4,7,9H2,1H3/b11-8-. The maximum absolute atomic E-state index is 11.7. The Kier molecular flexibility index (Phi) is 3.85. The zero-order chi connectivity index (χ0) is 12.3. The molecule has 1 atom stereocenters. The molecule has 1 aromatic carbocycles. The van der Waals surface area contributed by atoms with Gasteiger partial charge in [0.25, 0.3) is 0 Å². The molecule has 1 saturated carbocycles. The molecule has 2 rings (SSSR count). The van der Waals surface area contributed by atoms with Crippen LogP contribution in [0.1, 0.15) is 24.8 Å². The minimum absolute atomic E-state index is 0.0946. The van der Waals surface area contributed by atoms with Crippen LogP contribution in [0.4, 0.5) is 0 Å². The van der Waals surface area contributed by atoms with Gasteiger partial charge < -0.3 is 4.74 Å². The van der Waals surface area contributed by atoms with Crippen molar-refractivity contribution in [1.82, 2.24) is 0 Å². The monoisotopic (exact) mass is 250 g/mol. The molecule has 0 N–H and O–H groups in total. The summed E-state index contributed by atoms with van der Waals surface area (Å²) in [6, 6.07) is 7.66. The Balaban J connectivity index is 2.18. The van der Waals surface area contributed by atoms with E-state index in [4.69, 9.17) is 16.3 Å². The number of benzene rings is 1. The van der Waals surface area contributed by atoms with Gasteiger partial charge in [-0.1, -0.05) is 12.1 Å². The Labute approximate surface area is 106 Å². The predicted octanol–water partition coefficient (Wildman–Crippen LogP) is 3.44. The van der Waals surface area contributed by atoms with E-state index in [-0.39, 0.29) is 11.2 Å². The summed E-state index contributed by atoms with van der Waals surface area (Å²) in [5, 5.41) is 0.0946. The lowest BCUT2D eigenvalue weighted by molar-refractivity contribution is -0.116.